The highest BCUT2D eigenvalue weighted by Gasteiger charge is 2.54. The number of likely N-dealkylation sites (tertiary alicyclic amines) is 1. The molecule has 7 heteroatoms. The number of oxazole rings is 1. The van der Waals surface area contributed by atoms with Gasteiger partial charge in [0.1, 0.15) is 5.76 Å². The number of carbonyl (C=O) groups excluding carboxylic acids is 1. The molecule has 0 bridgehead atoms. The van der Waals surface area contributed by atoms with E-state index in [2.05, 4.69) is 27.4 Å². The number of hydrogen-bond acceptors (Lipinski definition) is 5. The van der Waals surface area contributed by atoms with Crippen molar-refractivity contribution in [1.29, 1.82) is 0 Å². The fourth-order valence-corrected chi connectivity index (χ4v) is 4.66. The zero-order chi connectivity index (χ0) is 20.4. The monoisotopic (exact) mass is 416 g/mol. The summed E-state index contributed by atoms with van der Waals surface area (Å²) in [5.74, 6) is 1.96. The van der Waals surface area contributed by atoms with E-state index in [1.165, 1.54) is 0 Å². The first kappa shape index (κ1) is 20.4. The molecule has 1 aliphatic carbocycles. The molecule has 29 heavy (non-hydrogen) atoms. The van der Waals surface area contributed by atoms with Crippen molar-refractivity contribution >= 4 is 17.5 Å². The molecule has 1 aromatic heterocycles. The second kappa shape index (κ2) is 8.46. The molecular formula is C22H29ClN4O2. The third-order valence-corrected chi connectivity index (χ3v) is 6.30. The van der Waals surface area contributed by atoms with Gasteiger partial charge in [0, 0.05) is 42.7 Å². The van der Waals surface area contributed by atoms with E-state index in [1.807, 2.05) is 31.2 Å². The number of nitrogens with zero attached hydrogens (tertiary/aromatic N) is 2. The van der Waals surface area contributed by atoms with Crippen molar-refractivity contribution in [2.75, 3.05) is 32.7 Å². The lowest BCUT2D eigenvalue weighted by Gasteiger charge is -2.58. The molecule has 2 fully saturated rings. The molecule has 1 amide bonds. The van der Waals surface area contributed by atoms with Gasteiger partial charge in [0.25, 0.3) is 0 Å². The number of nitrogens with one attached hydrogen (secondary N) is 2. The number of likely N-dealkylation sites (N-methyl/N-ethyl adjacent to an activating group) is 1. The van der Waals surface area contributed by atoms with Gasteiger partial charge in [0.15, 0.2) is 0 Å². The number of benzene rings is 1. The number of carbonyl (C=O) groups is 1. The molecule has 156 valence electrons. The Hall–Kier alpha value is -1.89. The molecule has 2 heterocycles. The molecule has 1 aromatic carbocycles. The molecule has 1 aliphatic heterocycles. The first-order valence-corrected chi connectivity index (χ1v) is 10.8. The maximum absolute atomic E-state index is 12.2. The highest BCUT2D eigenvalue weighted by molar-refractivity contribution is 6.30. The van der Waals surface area contributed by atoms with Gasteiger partial charge >= 0.3 is 0 Å². The van der Waals surface area contributed by atoms with Crippen molar-refractivity contribution in [2.24, 2.45) is 11.3 Å². The van der Waals surface area contributed by atoms with Crippen LogP contribution in [0.25, 0.3) is 11.5 Å². The SMILES string of the molecule is CCNCCNC(=O)C1CC2(C1)CN(Cc1oc(-c3ccc(Cl)cc3)nc1C)C2. The summed E-state index contributed by atoms with van der Waals surface area (Å²) in [6.07, 6.45) is 2.00. The van der Waals surface area contributed by atoms with E-state index in [-0.39, 0.29) is 11.8 Å². The zero-order valence-corrected chi connectivity index (χ0v) is 17.9. The van der Waals surface area contributed by atoms with Crippen LogP contribution in [0.5, 0.6) is 0 Å². The summed E-state index contributed by atoms with van der Waals surface area (Å²) in [5.41, 5.74) is 2.20. The van der Waals surface area contributed by atoms with E-state index in [1.54, 1.807) is 0 Å². The Labute approximate surface area is 177 Å². The molecule has 0 atom stereocenters. The van der Waals surface area contributed by atoms with Gasteiger partial charge in [-0.25, -0.2) is 4.98 Å². The van der Waals surface area contributed by atoms with E-state index in [0.29, 0.717) is 22.9 Å². The quantitative estimate of drug-likeness (QED) is 0.646. The van der Waals surface area contributed by atoms with Crippen molar-refractivity contribution in [2.45, 2.75) is 33.2 Å². The lowest BCUT2D eigenvalue weighted by Crippen LogP contribution is -2.63. The second-order valence-corrected chi connectivity index (χ2v) is 8.87. The van der Waals surface area contributed by atoms with Gasteiger partial charge < -0.3 is 15.1 Å². The normalized spacial score (nSPS) is 18.4. The molecule has 0 radical (unpaired) electrons. The molecule has 2 N–H and O–H groups in total. The van der Waals surface area contributed by atoms with Crippen LogP contribution in [0.2, 0.25) is 5.02 Å². The first-order valence-electron chi connectivity index (χ1n) is 10.4. The third-order valence-electron chi connectivity index (χ3n) is 6.05. The minimum atomic E-state index is 0.183. The van der Waals surface area contributed by atoms with Crippen LogP contribution in [0.1, 0.15) is 31.2 Å². The number of rotatable bonds is 8. The Morgan fingerprint density at radius 2 is 2.00 bits per heavy atom. The predicted octanol–water partition coefficient (Wildman–Crippen LogP) is 3.24. The minimum absolute atomic E-state index is 0.183. The average Bonchev–Trinajstić information content (AvgIpc) is 3.00. The Balaban J connectivity index is 1.24. The van der Waals surface area contributed by atoms with E-state index in [0.717, 1.165) is 62.6 Å². The van der Waals surface area contributed by atoms with Crippen molar-refractivity contribution in [3.05, 3.63) is 40.7 Å². The molecule has 2 aliphatic rings. The number of aromatic nitrogens is 1. The maximum atomic E-state index is 12.2. The van der Waals surface area contributed by atoms with E-state index >= 15 is 0 Å². The second-order valence-electron chi connectivity index (χ2n) is 8.43. The van der Waals surface area contributed by atoms with Crippen LogP contribution in [-0.4, -0.2) is 48.5 Å². The zero-order valence-electron chi connectivity index (χ0n) is 17.1. The molecule has 1 spiro atoms. The summed E-state index contributed by atoms with van der Waals surface area (Å²) in [7, 11) is 0. The molecule has 0 unspecified atom stereocenters. The molecule has 6 nitrogen and oxygen atoms in total. The summed E-state index contributed by atoms with van der Waals surface area (Å²) in [4.78, 5) is 19.2. The molecule has 1 saturated carbocycles. The Kier molecular flexibility index (Phi) is 5.95. The van der Waals surface area contributed by atoms with Gasteiger partial charge in [-0.15, -0.1) is 0 Å². The highest BCUT2D eigenvalue weighted by Crippen LogP contribution is 2.52. The Bertz CT molecular complexity index is 850. The highest BCUT2D eigenvalue weighted by atomic mass is 35.5. The van der Waals surface area contributed by atoms with Gasteiger partial charge in [0.05, 0.1) is 12.2 Å². The summed E-state index contributed by atoms with van der Waals surface area (Å²) in [5, 5.41) is 6.97. The van der Waals surface area contributed by atoms with Crippen molar-refractivity contribution in [3.8, 4) is 11.5 Å². The van der Waals surface area contributed by atoms with Crippen molar-refractivity contribution in [1.82, 2.24) is 20.5 Å². The lowest BCUT2D eigenvalue weighted by atomic mass is 9.57. The minimum Gasteiger partial charge on any atom is -0.440 e. The molecule has 4 rings (SSSR count). The van der Waals surface area contributed by atoms with Crippen LogP contribution in [0.3, 0.4) is 0 Å². The Morgan fingerprint density at radius 3 is 2.69 bits per heavy atom. The van der Waals surface area contributed by atoms with Crippen molar-refractivity contribution in [3.63, 3.8) is 0 Å². The molecule has 1 saturated heterocycles. The predicted molar refractivity (Wildman–Crippen MR) is 114 cm³/mol. The van der Waals surface area contributed by atoms with Crippen LogP contribution in [-0.2, 0) is 11.3 Å². The summed E-state index contributed by atoms with van der Waals surface area (Å²) >= 11 is 5.96. The summed E-state index contributed by atoms with van der Waals surface area (Å²) < 4.78 is 6.02. The van der Waals surface area contributed by atoms with E-state index in [4.69, 9.17) is 16.0 Å². The topological polar surface area (TPSA) is 70.4 Å². The smallest absolute Gasteiger partial charge is 0.226 e. The third kappa shape index (κ3) is 4.49. The van der Waals surface area contributed by atoms with Gasteiger partial charge in [-0.1, -0.05) is 18.5 Å². The maximum Gasteiger partial charge on any atom is 0.226 e. The van der Waals surface area contributed by atoms with Gasteiger partial charge in [-0.3, -0.25) is 9.69 Å². The fraction of sp³-hybridized carbons (Fsp3) is 0.545. The van der Waals surface area contributed by atoms with E-state index in [9.17, 15) is 4.79 Å². The first-order chi connectivity index (χ1) is 14.0. The van der Waals surface area contributed by atoms with Crippen LogP contribution in [0.15, 0.2) is 28.7 Å². The van der Waals surface area contributed by atoms with Crippen LogP contribution in [0.4, 0.5) is 0 Å². The fourth-order valence-electron chi connectivity index (χ4n) is 4.53. The van der Waals surface area contributed by atoms with Gasteiger partial charge in [-0.05, 0) is 56.0 Å². The molecular weight excluding hydrogens is 388 g/mol. The summed E-state index contributed by atoms with van der Waals surface area (Å²) in [6, 6.07) is 7.54. The summed E-state index contributed by atoms with van der Waals surface area (Å²) in [6.45, 7) is 9.38. The van der Waals surface area contributed by atoms with Gasteiger partial charge in [0.2, 0.25) is 11.8 Å². The number of halogens is 1. The molecule has 2 aromatic rings. The average molecular weight is 417 g/mol. The Morgan fingerprint density at radius 1 is 1.28 bits per heavy atom. The number of hydrogen-bond donors (Lipinski definition) is 2. The van der Waals surface area contributed by atoms with Crippen LogP contribution >= 0.6 is 11.6 Å². The van der Waals surface area contributed by atoms with Gasteiger partial charge in [-0.2, -0.15) is 0 Å². The van der Waals surface area contributed by atoms with E-state index < -0.39 is 0 Å². The lowest BCUT2D eigenvalue weighted by molar-refractivity contribution is -0.145. The van der Waals surface area contributed by atoms with Crippen LogP contribution in [0, 0.1) is 18.3 Å². The number of aryl methyl sites for hydroxylation is 1. The van der Waals surface area contributed by atoms with Crippen molar-refractivity contribution < 1.29 is 9.21 Å². The largest absolute Gasteiger partial charge is 0.440 e. The number of amides is 1. The standard InChI is InChI=1S/C22H29ClN4O2/c1-3-24-8-9-25-20(28)17-10-22(11-17)13-27(14-22)12-19-15(2)26-21(29-19)16-4-6-18(23)7-5-16/h4-7,17,24H,3,8-14H2,1-2H3,(H,25,28). The van der Waals surface area contributed by atoms with Crippen LogP contribution < -0.4 is 10.6 Å².